The molecule has 0 saturated carbocycles. The fourth-order valence-corrected chi connectivity index (χ4v) is 4.05. The summed E-state index contributed by atoms with van der Waals surface area (Å²) in [5, 5.41) is 0.918. The van der Waals surface area contributed by atoms with Crippen LogP contribution in [0.2, 0.25) is 0 Å². The van der Waals surface area contributed by atoms with Gasteiger partial charge in [0.15, 0.2) is 11.5 Å². The lowest BCUT2D eigenvalue weighted by Gasteiger charge is -2.23. The molecular weight excluding hydrogens is 376 g/mol. The zero-order valence-electron chi connectivity index (χ0n) is 16.7. The Labute approximate surface area is 168 Å². The van der Waals surface area contributed by atoms with Crippen molar-refractivity contribution in [2.75, 3.05) is 28.4 Å². The molecule has 6 nitrogen and oxygen atoms in total. The summed E-state index contributed by atoms with van der Waals surface area (Å²) in [6.45, 7) is 1.99. The molecule has 2 aromatic carbocycles. The van der Waals surface area contributed by atoms with Gasteiger partial charge in [-0.05, 0) is 36.8 Å². The molecule has 1 heterocycles. The van der Waals surface area contributed by atoms with Crippen LogP contribution in [-0.2, 0) is 11.2 Å². The van der Waals surface area contributed by atoms with Crippen LogP contribution in [0.25, 0.3) is 10.2 Å². The highest BCUT2D eigenvalue weighted by molar-refractivity contribution is 7.18. The summed E-state index contributed by atoms with van der Waals surface area (Å²) in [6.07, 6.45) is 0.225. The van der Waals surface area contributed by atoms with Crippen LogP contribution in [0.3, 0.4) is 0 Å². The number of hydrogen-bond donors (Lipinski definition) is 0. The maximum absolute atomic E-state index is 12.9. The third kappa shape index (κ3) is 3.89. The van der Waals surface area contributed by atoms with Gasteiger partial charge in [0.2, 0.25) is 11.7 Å². The first-order valence-electron chi connectivity index (χ1n) is 8.88. The van der Waals surface area contributed by atoms with Crippen molar-refractivity contribution in [3.63, 3.8) is 0 Å². The fraction of sp³-hybridized carbons (Fsp3) is 0.333. The van der Waals surface area contributed by atoms with Gasteiger partial charge in [-0.15, -0.1) is 11.3 Å². The van der Waals surface area contributed by atoms with E-state index in [0.29, 0.717) is 17.2 Å². The third-order valence-corrected chi connectivity index (χ3v) is 5.93. The van der Waals surface area contributed by atoms with Crippen molar-refractivity contribution in [3.05, 3.63) is 47.0 Å². The van der Waals surface area contributed by atoms with Gasteiger partial charge in [-0.3, -0.25) is 4.79 Å². The molecule has 0 aliphatic carbocycles. The maximum atomic E-state index is 12.9. The summed E-state index contributed by atoms with van der Waals surface area (Å²) in [6, 6.07) is 11.5. The Bertz CT molecular complexity index is 927. The van der Waals surface area contributed by atoms with E-state index in [1.807, 2.05) is 31.2 Å². The van der Waals surface area contributed by atoms with E-state index >= 15 is 0 Å². The van der Waals surface area contributed by atoms with Crippen LogP contribution in [-0.4, -0.2) is 44.2 Å². The zero-order valence-corrected chi connectivity index (χ0v) is 17.5. The van der Waals surface area contributed by atoms with Gasteiger partial charge in [0, 0.05) is 7.05 Å². The van der Waals surface area contributed by atoms with Gasteiger partial charge < -0.3 is 19.1 Å². The fourth-order valence-electron chi connectivity index (χ4n) is 2.99. The number of likely N-dealkylation sites (N-methyl/N-ethyl adjacent to an activating group) is 1. The number of methoxy groups -OCH3 is 3. The van der Waals surface area contributed by atoms with Crippen LogP contribution in [0.1, 0.15) is 23.5 Å². The van der Waals surface area contributed by atoms with E-state index in [0.717, 1.165) is 20.8 Å². The topological polar surface area (TPSA) is 60.9 Å². The number of amides is 1. The minimum absolute atomic E-state index is 0.0129. The second-order valence-electron chi connectivity index (χ2n) is 6.41. The summed E-state index contributed by atoms with van der Waals surface area (Å²) in [5.74, 6) is 1.57. The number of carbonyl (C=O) groups excluding carboxylic acids is 1. The minimum atomic E-state index is -0.119. The largest absolute Gasteiger partial charge is 0.493 e. The van der Waals surface area contributed by atoms with E-state index in [1.165, 1.54) is 0 Å². The predicted octanol–water partition coefficient (Wildman–Crippen LogP) is 4.08. The first kappa shape index (κ1) is 19.9. The molecule has 28 heavy (non-hydrogen) atoms. The van der Waals surface area contributed by atoms with Gasteiger partial charge in [0.05, 0.1) is 44.0 Å². The molecule has 148 valence electrons. The van der Waals surface area contributed by atoms with E-state index < -0.39 is 0 Å². The summed E-state index contributed by atoms with van der Waals surface area (Å²) in [4.78, 5) is 19.3. The van der Waals surface area contributed by atoms with Crippen molar-refractivity contribution in [1.29, 1.82) is 0 Å². The number of ether oxygens (including phenoxy) is 3. The predicted molar refractivity (Wildman–Crippen MR) is 111 cm³/mol. The highest BCUT2D eigenvalue weighted by Crippen LogP contribution is 2.38. The SMILES string of the molecule is COc1cc(CC(=O)N(C)C(C)c2nc3ccccc3s2)cc(OC)c1OC. The molecule has 0 aliphatic heterocycles. The number of benzene rings is 2. The van der Waals surface area contributed by atoms with Crippen LogP contribution in [0.4, 0.5) is 0 Å². The van der Waals surface area contributed by atoms with Crippen molar-refractivity contribution >= 4 is 27.5 Å². The molecule has 0 fully saturated rings. The number of carbonyl (C=O) groups is 1. The lowest BCUT2D eigenvalue weighted by Crippen LogP contribution is -2.30. The Morgan fingerprint density at radius 3 is 2.32 bits per heavy atom. The molecule has 0 N–H and O–H groups in total. The number of para-hydroxylation sites is 1. The molecule has 1 aromatic heterocycles. The highest BCUT2D eigenvalue weighted by Gasteiger charge is 2.22. The number of nitrogens with zero attached hydrogens (tertiary/aromatic N) is 2. The van der Waals surface area contributed by atoms with Gasteiger partial charge in [0.1, 0.15) is 5.01 Å². The van der Waals surface area contributed by atoms with Crippen molar-refractivity contribution in [2.45, 2.75) is 19.4 Å². The van der Waals surface area contributed by atoms with Gasteiger partial charge in [0.25, 0.3) is 0 Å². The average Bonchev–Trinajstić information content (AvgIpc) is 3.15. The third-order valence-electron chi connectivity index (χ3n) is 4.72. The second-order valence-corrected chi connectivity index (χ2v) is 7.47. The quantitative estimate of drug-likeness (QED) is 0.598. The molecule has 1 unspecified atom stereocenters. The summed E-state index contributed by atoms with van der Waals surface area (Å²) < 4.78 is 17.2. The highest BCUT2D eigenvalue weighted by atomic mass is 32.1. The number of rotatable bonds is 7. The van der Waals surface area contributed by atoms with Gasteiger partial charge >= 0.3 is 0 Å². The average molecular weight is 401 g/mol. The van der Waals surface area contributed by atoms with Crippen LogP contribution < -0.4 is 14.2 Å². The summed E-state index contributed by atoms with van der Waals surface area (Å²) >= 11 is 1.61. The van der Waals surface area contributed by atoms with Gasteiger partial charge in [-0.1, -0.05) is 12.1 Å². The summed E-state index contributed by atoms with van der Waals surface area (Å²) in [7, 11) is 6.48. The Kier molecular flexibility index (Phi) is 6.04. The maximum Gasteiger partial charge on any atom is 0.227 e. The molecule has 0 aliphatic rings. The second kappa shape index (κ2) is 8.48. The van der Waals surface area contributed by atoms with Gasteiger partial charge in [-0.2, -0.15) is 0 Å². The van der Waals surface area contributed by atoms with E-state index in [-0.39, 0.29) is 18.4 Å². The van der Waals surface area contributed by atoms with E-state index in [2.05, 4.69) is 4.98 Å². The standard InChI is InChI=1S/C21H24N2O4S/c1-13(21-22-15-8-6-7-9-18(15)28-21)23(2)19(24)12-14-10-16(25-3)20(27-5)17(11-14)26-4/h6-11,13H,12H2,1-5H3. The molecule has 3 aromatic rings. The Morgan fingerprint density at radius 2 is 1.75 bits per heavy atom. The zero-order chi connectivity index (χ0) is 20.3. The Hall–Kier alpha value is -2.80. The molecular formula is C21H24N2O4S. The van der Waals surface area contributed by atoms with Gasteiger partial charge in [-0.25, -0.2) is 4.98 Å². The molecule has 0 saturated heterocycles. The van der Waals surface area contributed by atoms with Crippen LogP contribution in [0.5, 0.6) is 17.2 Å². The van der Waals surface area contributed by atoms with Crippen molar-refractivity contribution in [2.24, 2.45) is 0 Å². The first-order valence-corrected chi connectivity index (χ1v) is 9.70. The normalized spacial score (nSPS) is 11.9. The monoisotopic (exact) mass is 400 g/mol. The Morgan fingerprint density at radius 1 is 1.11 bits per heavy atom. The smallest absolute Gasteiger partial charge is 0.227 e. The van der Waals surface area contributed by atoms with Crippen molar-refractivity contribution in [3.8, 4) is 17.2 Å². The van der Waals surface area contributed by atoms with E-state index in [1.54, 1.807) is 56.7 Å². The molecule has 1 amide bonds. The van der Waals surface area contributed by atoms with Crippen LogP contribution >= 0.6 is 11.3 Å². The summed E-state index contributed by atoms with van der Waals surface area (Å²) in [5.41, 5.74) is 1.75. The number of fused-ring (bicyclic) bond motifs is 1. The minimum Gasteiger partial charge on any atom is -0.493 e. The lowest BCUT2D eigenvalue weighted by atomic mass is 10.1. The Balaban J connectivity index is 1.80. The molecule has 0 spiro atoms. The van der Waals surface area contributed by atoms with E-state index in [9.17, 15) is 4.79 Å². The molecule has 1 atom stereocenters. The molecule has 0 radical (unpaired) electrons. The van der Waals surface area contributed by atoms with Crippen molar-refractivity contribution < 1.29 is 19.0 Å². The number of aromatic nitrogens is 1. The molecule has 7 heteroatoms. The molecule has 0 bridgehead atoms. The van der Waals surface area contributed by atoms with Crippen LogP contribution in [0.15, 0.2) is 36.4 Å². The number of hydrogen-bond acceptors (Lipinski definition) is 6. The first-order chi connectivity index (χ1) is 13.5. The van der Waals surface area contributed by atoms with E-state index in [4.69, 9.17) is 14.2 Å². The van der Waals surface area contributed by atoms with Crippen LogP contribution in [0, 0.1) is 0 Å². The van der Waals surface area contributed by atoms with Crippen molar-refractivity contribution in [1.82, 2.24) is 9.88 Å². The molecule has 3 rings (SSSR count). The lowest BCUT2D eigenvalue weighted by molar-refractivity contribution is -0.131. The number of thiazole rings is 1.